The fraction of sp³-hybridized carbons (Fsp3) is 0.588. The molecular weight excluding hydrogens is 236 g/mol. The minimum absolute atomic E-state index is 0.358. The van der Waals surface area contributed by atoms with E-state index in [-0.39, 0.29) is 0 Å². The van der Waals surface area contributed by atoms with Gasteiger partial charge < -0.3 is 5.11 Å². The molecule has 2 atom stereocenters. The molecule has 106 valence electrons. The van der Waals surface area contributed by atoms with Gasteiger partial charge in [-0.15, -0.1) is 0 Å². The van der Waals surface area contributed by atoms with Crippen LogP contribution in [0.15, 0.2) is 24.3 Å². The predicted octanol–water partition coefficient (Wildman–Crippen LogP) is 4.49. The lowest BCUT2D eigenvalue weighted by Gasteiger charge is -2.23. The van der Waals surface area contributed by atoms with E-state index in [0.29, 0.717) is 11.3 Å². The van der Waals surface area contributed by atoms with Crippen LogP contribution < -0.4 is 0 Å². The number of hydrogen-bond donors (Lipinski definition) is 1. The molecule has 0 saturated heterocycles. The Hall–Kier alpha value is -1.31. The molecule has 0 bridgehead atoms. The summed E-state index contributed by atoms with van der Waals surface area (Å²) in [5.74, 6) is -0.558. The summed E-state index contributed by atoms with van der Waals surface area (Å²) in [5.41, 5.74) is 2.52. The summed E-state index contributed by atoms with van der Waals surface area (Å²) in [6.07, 6.45) is 2.25. The summed E-state index contributed by atoms with van der Waals surface area (Å²) in [4.78, 5) is 10.9. The van der Waals surface area contributed by atoms with Crippen molar-refractivity contribution in [3.8, 4) is 0 Å². The third-order valence-corrected chi connectivity index (χ3v) is 3.40. The Morgan fingerprint density at radius 3 is 2.11 bits per heavy atom. The van der Waals surface area contributed by atoms with Crippen LogP contribution in [-0.2, 0) is 11.2 Å². The van der Waals surface area contributed by atoms with Gasteiger partial charge in [0.05, 0.1) is 5.92 Å². The zero-order valence-electron chi connectivity index (χ0n) is 12.7. The number of rotatable bonds is 5. The second kappa shape index (κ2) is 6.23. The molecule has 0 aliphatic carbocycles. The minimum Gasteiger partial charge on any atom is -0.481 e. The molecule has 0 aromatic heterocycles. The third-order valence-electron chi connectivity index (χ3n) is 3.40. The Morgan fingerprint density at radius 1 is 1.16 bits per heavy atom. The van der Waals surface area contributed by atoms with Gasteiger partial charge in [-0.3, -0.25) is 4.79 Å². The minimum atomic E-state index is -0.770. The molecule has 1 N–H and O–H groups in total. The van der Waals surface area contributed by atoms with Crippen molar-refractivity contribution in [3.63, 3.8) is 0 Å². The first-order valence-corrected chi connectivity index (χ1v) is 7.00. The lowest BCUT2D eigenvalue weighted by atomic mass is 9.83. The number of hydrogen-bond acceptors (Lipinski definition) is 1. The molecule has 0 fully saturated rings. The molecule has 2 nitrogen and oxygen atoms in total. The Kier molecular flexibility index (Phi) is 5.16. The summed E-state index contributed by atoms with van der Waals surface area (Å²) < 4.78 is 0. The molecule has 0 saturated carbocycles. The molecule has 0 aliphatic heterocycles. The lowest BCUT2D eigenvalue weighted by molar-refractivity contribution is -0.138. The smallest absolute Gasteiger partial charge is 0.310 e. The van der Waals surface area contributed by atoms with Crippen molar-refractivity contribution in [1.29, 1.82) is 0 Å². The van der Waals surface area contributed by atoms with Crippen LogP contribution in [0, 0.1) is 11.3 Å². The Labute approximate surface area is 116 Å². The molecule has 19 heavy (non-hydrogen) atoms. The highest BCUT2D eigenvalue weighted by molar-refractivity contribution is 5.75. The predicted molar refractivity (Wildman–Crippen MR) is 79.4 cm³/mol. The summed E-state index contributed by atoms with van der Waals surface area (Å²) in [6, 6.07) is 8.01. The fourth-order valence-corrected chi connectivity index (χ4v) is 2.60. The molecule has 1 aromatic rings. The Balaban J connectivity index is 2.64. The maximum absolute atomic E-state index is 10.9. The second-order valence-electron chi connectivity index (χ2n) is 6.88. The van der Waals surface area contributed by atoms with Crippen molar-refractivity contribution in [3.05, 3.63) is 35.4 Å². The van der Waals surface area contributed by atoms with Crippen molar-refractivity contribution in [1.82, 2.24) is 0 Å². The number of carboxylic acid groups (broad SMARTS) is 1. The highest BCUT2D eigenvalue weighted by atomic mass is 16.4. The zero-order chi connectivity index (χ0) is 14.6. The average molecular weight is 262 g/mol. The number of carbonyl (C=O) groups is 1. The molecule has 0 heterocycles. The number of benzene rings is 1. The van der Waals surface area contributed by atoms with Crippen LogP contribution in [-0.4, -0.2) is 11.1 Å². The van der Waals surface area contributed by atoms with Gasteiger partial charge in [0, 0.05) is 0 Å². The van der Waals surface area contributed by atoms with Gasteiger partial charge in [-0.25, -0.2) is 0 Å². The van der Waals surface area contributed by atoms with Gasteiger partial charge in [0.25, 0.3) is 0 Å². The fourth-order valence-electron chi connectivity index (χ4n) is 2.60. The van der Waals surface area contributed by atoms with Crippen molar-refractivity contribution in [2.75, 3.05) is 0 Å². The zero-order valence-corrected chi connectivity index (χ0v) is 12.7. The van der Waals surface area contributed by atoms with E-state index >= 15 is 0 Å². The van der Waals surface area contributed by atoms with Gasteiger partial charge >= 0.3 is 5.97 Å². The van der Waals surface area contributed by atoms with Gasteiger partial charge in [-0.05, 0) is 42.2 Å². The van der Waals surface area contributed by atoms with Crippen LogP contribution in [0.2, 0.25) is 0 Å². The molecule has 0 radical (unpaired) electrons. The molecular formula is C17H26O2. The topological polar surface area (TPSA) is 37.3 Å². The lowest BCUT2D eigenvalue weighted by Crippen LogP contribution is -2.13. The van der Waals surface area contributed by atoms with E-state index in [1.54, 1.807) is 6.92 Å². The van der Waals surface area contributed by atoms with Crippen LogP contribution in [0.5, 0.6) is 0 Å². The first kappa shape index (κ1) is 15.7. The maximum Gasteiger partial charge on any atom is 0.310 e. The van der Waals surface area contributed by atoms with E-state index in [1.807, 2.05) is 12.1 Å². The molecule has 0 aliphatic rings. The van der Waals surface area contributed by atoms with E-state index in [2.05, 4.69) is 39.8 Å². The Morgan fingerprint density at radius 2 is 1.68 bits per heavy atom. The van der Waals surface area contributed by atoms with Crippen LogP contribution in [0.4, 0.5) is 0 Å². The van der Waals surface area contributed by atoms with Gasteiger partial charge in [0.2, 0.25) is 0 Å². The van der Waals surface area contributed by atoms with Gasteiger partial charge in [-0.1, -0.05) is 52.0 Å². The second-order valence-corrected chi connectivity index (χ2v) is 6.88. The summed E-state index contributed by atoms with van der Waals surface area (Å²) in [7, 11) is 0. The van der Waals surface area contributed by atoms with Crippen LogP contribution in [0.3, 0.4) is 0 Å². The first-order valence-electron chi connectivity index (χ1n) is 7.00. The highest BCUT2D eigenvalue weighted by Crippen LogP contribution is 2.26. The first-order chi connectivity index (χ1) is 8.69. The molecule has 1 aromatic carbocycles. The summed E-state index contributed by atoms with van der Waals surface area (Å²) >= 11 is 0. The SMILES string of the molecule is CC(Cc1ccc(C(C)C(=O)O)cc1)CC(C)(C)C. The highest BCUT2D eigenvalue weighted by Gasteiger charge is 2.16. The monoisotopic (exact) mass is 262 g/mol. The molecule has 2 heteroatoms. The Bertz CT molecular complexity index is 412. The molecule has 1 rings (SSSR count). The molecule has 2 unspecified atom stereocenters. The number of aliphatic carboxylic acids is 1. The summed E-state index contributed by atoms with van der Waals surface area (Å²) in [5, 5.41) is 8.98. The van der Waals surface area contributed by atoms with Gasteiger partial charge in [0.15, 0.2) is 0 Å². The van der Waals surface area contributed by atoms with Crippen molar-refractivity contribution < 1.29 is 9.90 Å². The van der Waals surface area contributed by atoms with E-state index in [9.17, 15) is 4.79 Å². The third kappa shape index (κ3) is 5.46. The largest absolute Gasteiger partial charge is 0.481 e. The molecule has 0 spiro atoms. The van der Waals surface area contributed by atoms with Gasteiger partial charge in [0.1, 0.15) is 0 Å². The van der Waals surface area contributed by atoms with E-state index in [1.165, 1.54) is 12.0 Å². The van der Waals surface area contributed by atoms with E-state index < -0.39 is 11.9 Å². The van der Waals surface area contributed by atoms with E-state index in [4.69, 9.17) is 5.11 Å². The van der Waals surface area contributed by atoms with Crippen molar-refractivity contribution >= 4 is 5.97 Å². The van der Waals surface area contributed by atoms with Crippen LogP contribution in [0.1, 0.15) is 58.1 Å². The standard InChI is InChI=1S/C17H26O2/c1-12(11-17(3,4)5)10-14-6-8-15(9-7-14)13(2)16(18)19/h6-9,12-13H,10-11H2,1-5H3,(H,18,19). The molecule has 0 amide bonds. The van der Waals surface area contributed by atoms with Crippen LogP contribution in [0.25, 0.3) is 0 Å². The quantitative estimate of drug-likeness (QED) is 0.849. The van der Waals surface area contributed by atoms with Crippen molar-refractivity contribution in [2.45, 2.75) is 53.4 Å². The van der Waals surface area contributed by atoms with Crippen LogP contribution >= 0.6 is 0 Å². The van der Waals surface area contributed by atoms with Gasteiger partial charge in [-0.2, -0.15) is 0 Å². The number of carboxylic acids is 1. The maximum atomic E-state index is 10.9. The average Bonchev–Trinajstić information content (AvgIpc) is 2.26. The summed E-state index contributed by atoms with van der Waals surface area (Å²) in [6.45, 7) is 10.8. The van der Waals surface area contributed by atoms with Crippen molar-refractivity contribution in [2.24, 2.45) is 11.3 Å². The van der Waals surface area contributed by atoms with E-state index in [0.717, 1.165) is 12.0 Å². The normalized spacial score (nSPS) is 15.0.